The second-order valence-electron chi connectivity index (χ2n) is 4.81. The third-order valence-corrected chi connectivity index (χ3v) is 2.96. The lowest BCUT2D eigenvalue weighted by Crippen LogP contribution is -2.19. The molecule has 3 rings (SSSR count). The van der Waals surface area contributed by atoms with Crippen molar-refractivity contribution in [1.82, 2.24) is 24.6 Å². The van der Waals surface area contributed by atoms with Gasteiger partial charge >= 0.3 is 12.4 Å². The number of nitrogens with zero attached hydrogens (tertiary/aromatic N) is 5. The van der Waals surface area contributed by atoms with Crippen LogP contribution in [0.25, 0.3) is 16.9 Å². The predicted octanol–water partition coefficient (Wildman–Crippen LogP) is 3.15. The van der Waals surface area contributed by atoms with Crippen molar-refractivity contribution in [2.45, 2.75) is 12.4 Å². The second kappa shape index (κ2) is 5.86. The van der Waals surface area contributed by atoms with E-state index in [1.54, 1.807) is 0 Å². The van der Waals surface area contributed by atoms with Crippen molar-refractivity contribution in [1.29, 1.82) is 0 Å². The molecule has 0 fully saturated rings. The number of fused-ring (bicyclic) bond motifs is 1. The van der Waals surface area contributed by atoms with Crippen molar-refractivity contribution in [3.8, 4) is 17.1 Å². The molecular formula is C13H7F6N5O. The lowest BCUT2D eigenvalue weighted by atomic mass is 10.2. The van der Waals surface area contributed by atoms with E-state index in [-0.39, 0.29) is 22.8 Å². The fourth-order valence-corrected chi connectivity index (χ4v) is 1.92. The van der Waals surface area contributed by atoms with Crippen LogP contribution in [0.4, 0.5) is 26.3 Å². The normalized spacial score (nSPS) is 12.6. The highest BCUT2D eigenvalue weighted by atomic mass is 19.4. The van der Waals surface area contributed by atoms with E-state index in [2.05, 4.69) is 24.9 Å². The van der Waals surface area contributed by atoms with Gasteiger partial charge in [0.1, 0.15) is 0 Å². The Morgan fingerprint density at radius 1 is 0.960 bits per heavy atom. The van der Waals surface area contributed by atoms with Crippen LogP contribution in [0.2, 0.25) is 0 Å². The Labute approximate surface area is 135 Å². The van der Waals surface area contributed by atoms with Gasteiger partial charge < -0.3 is 4.74 Å². The highest BCUT2D eigenvalue weighted by Crippen LogP contribution is 2.29. The van der Waals surface area contributed by atoms with Crippen LogP contribution in [0.1, 0.15) is 5.82 Å². The van der Waals surface area contributed by atoms with E-state index < -0.39 is 24.8 Å². The largest absolute Gasteiger partial charge is 0.468 e. The molecule has 132 valence electrons. The highest BCUT2D eigenvalue weighted by molar-refractivity contribution is 5.59. The van der Waals surface area contributed by atoms with Crippen LogP contribution in [0.3, 0.4) is 0 Å². The summed E-state index contributed by atoms with van der Waals surface area (Å²) in [5.41, 5.74) is 0.282. The molecule has 0 amide bonds. The van der Waals surface area contributed by atoms with E-state index >= 15 is 0 Å². The number of hydrogen-bond acceptors (Lipinski definition) is 5. The summed E-state index contributed by atoms with van der Waals surface area (Å²) in [6, 6.07) is 2.48. The minimum atomic E-state index is -4.70. The average molecular weight is 363 g/mol. The molecule has 0 N–H and O–H groups in total. The summed E-state index contributed by atoms with van der Waals surface area (Å²) in [6.07, 6.45) is -5.92. The van der Waals surface area contributed by atoms with Crippen LogP contribution < -0.4 is 4.74 Å². The molecular weight excluding hydrogens is 356 g/mol. The van der Waals surface area contributed by atoms with E-state index in [0.717, 1.165) is 29.1 Å². The second-order valence-corrected chi connectivity index (χ2v) is 4.81. The van der Waals surface area contributed by atoms with Gasteiger partial charge in [-0.1, -0.05) is 0 Å². The van der Waals surface area contributed by atoms with Crippen LogP contribution in [0.15, 0.2) is 30.7 Å². The number of aromatic nitrogens is 5. The van der Waals surface area contributed by atoms with Gasteiger partial charge in [0.15, 0.2) is 12.3 Å². The first-order chi connectivity index (χ1) is 11.6. The average Bonchev–Trinajstić information content (AvgIpc) is 2.96. The monoisotopic (exact) mass is 363 g/mol. The van der Waals surface area contributed by atoms with Gasteiger partial charge in [-0.2, -0.15) is 26.3 Å². The molecule has 0 spiro atoms. The summed E-state index contributed by atoms with van der Waals surface area (Å²) in [5, 5.41) is 6.44. The van der Waals surface area contributed by atoms with Gasteiger partial charge in [0.2, 0.25) is 11.7 Å². The molecule has 12 heteroatoms. The zero-order valence-corrected chi connectivity index (χ0v) is 12.0. The molecule has 0 aromatic carbocycles. The van der Waals surface area contributed by atoms with E-state index in [1.807, 2.05) is 0 Å². The van der Waals surface area contributed by atoms with Crippen LogP contribution in [-0.2, 0) is 6.18 Å². The maximum Gasteiger partial charge on any atom is 0.452 e. The molecule has 0 saturated carbocycles. The molecule has 25 heavy (non-hydrogen) atoms. The minimum absolute atomic E-state index is 0.103. The van der Waals surface area contributed by atoms with Crippen LogP contribution >= 0.6 is 0 Å². The number of pyridine rings is 1. The summed E-state index contributed by atoms with van der Waals surface area (Å²) in [6.45, 7) is -1.50. The van der Waals surface area contributed by atoms with Crippen molar-refractivity contribution in [2.24, 2.45) is 0 Å². The van der Waals surface area contributed by atoms with E-state index in [9.17, 15) is 26.3 Å². The van der Waals surface area contributed by atoms with E-state index in [4.69, 9.17) is 0 Å². The Bertz CT molecular complexity index is 887. The van der Waals surface area contributed by atoms with Crippen LogP contribution in [0.5, 0.6) is 5.88 Å². The zero-order chi connectivity index (χ0) is 18.2. The Morgan fingerprint density at radius 3 is 2.32 bits per heavy atom. The van der Waals surface area contributed by atoms with Crippen molar-refractivity contribution in [2.75, 3.05) is 6.61 Å². The lowest BCUT2D eigenvalue weighted by Gasteiger charge is -2.09. The van der Waals surface area contributed by atoms with Gasteiger partial charge in [-0.3, -0.25) is 9.38 Å². The molecule has 0 radical (unpaired) electrons. The summed E-state index contributed by atoms with van der Waals surface area (Å²) in [5.74, 6) is -1.49. The number of hydrogen-bond donors (Lipinski definition) is 0. The Balaban J connectivity index is 1.89. The number of ether oxygens (including phenoxy) is 1. The summed E-state index contributed by atoms with van der Waals surface area (Å²) in [7, 11) is 0. The molecule has 0 saturated heterocycles. The van der Waals surface area contributed by atoms with Gasteiger partial charge in [0.05, 0.1) is 11.9 Å². The molecule has 0 unspecified atom stereocenters. The Hall–Kier alpha value is -2.92. The molecule has 0 aliphatic heterocycles. The predicted molar refractivity (Wildman–Crippen MR) is 70.6 cm³/mol. The van der Waals surface area contributed by atoms with E-state index in [1.165, 1.54) is 6.07 Å². The Kier molecular flexibility index (Phi) is 3.97. The molecule has 3 heterocycles. The maximum atomic E-state index is 12.9. The molecule has 0 aliphatic carbocycles. The maximum absolute atomic E-state index is 12.9. The fraction of sp³-hybridized carbons (Fsp3) is 0.231. The summed E-state index contributed by atoms with van der Waals surface area (Å²) in [4.78, 5) is 7.61. The molecule has 3 aromatic heterocycles. The van der Waals surface area contributed by atoms with E-state index in [0.29, 0.717) is 0 Å². The molecule has 6 nitrogen and oxygen atoms in total. The van der Waals surface area contributed by atoms with Crippen molar-refractivity contribution < 1.29 is 31.1 Å². The fourth-order valence-electron chi connectivity index (χ4n) is 1.92. The first-order valence-electron chi connectivity index (χ1n) is 6.57. The van der Waals surface area contributed by atoms with Crippen LogP contribution in [-0.4, -0.2) is 37.3 Å². The number of alkyl halides is 6. The molecule has 0 atom stereocenters. The quantitative estimate of drug-likeness (QED) is 0.669. The van der Waals surface area contributed by atoms with Gasteiger partial charge in [0.25, 0.3) is 0 Å². The molecule has 0 aliphatic rings. The summed E-state index contributed by atoms with van der Waals surface area (Å²) < 4.78 is 79.9. The topological polar surface area (TPSA) is 65.2 Å². The van der Waals surface area contributed by atoms with Crippen molar-refractivity contribution in [3.63, 3.8) is 0 Å². The molecule has 3 aromatic rings. The SMILES string of the molecule is FC(F)(F)COc1ccc(-c2cn3c(C(F)(F)F)nnc3cn2)cn1. The van der Waals surface area contributed by atoms with Crippen molar-refractivity contribution >= 4 is 5.65 Å². The first-order valence-corrected chi connectivity index (χ1v) is 6.57. The molecule has 0 bridgehead atoms. The zero-order valence-electron chi connectivity index (χ0n) is 12.0. The van der Waals surface area contributed by atoms with Gasteiger partial charge in [-0.15, -0.1) is 10.2 Å². The number of halogens is 6. The van der Waals surface area contributed by atoms with Gasteiger partial charge in [-0.25, -0.2) is 4.98 Å². The van der Waals surface area contributed by atoms with Gasteiger partial charge in [0, 0.05) is 24.0 Å². The minimum Gasteiger partial charge on any atom is -0.468 e. The van der Waals surface area contributed by atoms with Gasteiger partial charge in [-0.05, 0) is 6.07 Å². The smallest absolute Gasteiger partial charge is 0.452 e. The first kappa shape index (κ1) is 16.9. The summed E-state index contributed by atoms with van der Waals surface area (Å²) >= 11 is 0. The third-order valence-electron chi connectivity index (χ3n) is 2.96. The number of rotatable bonds is 3. The third kappa shape index (κ3) is 3.78. The van der Waals surface area contributed by atoms with Crippen LogP contribution in [0, 0.1) is 0 Å². The highest BCUT2D eigenvalue weighted by Gasteiger charge is 2.37. The standard InChI is InChI=1S/C13H7F6N5O/c14-12(15,16)6-25-10-2-1-7(3-21-10)8-5-24-9(4-20-8)22-23-11(24)13(17,18)19/h1-5H,6H2. The Morgan fingerprint density at radius 2 is 1.72 bits per heavy atom. The lowest BCUT2D eigenvalue weighted by molar-refractivity contribution is -0.154. The van der Waals surface area contributed by atoms with Crippen molar-refractivity contribution in [3.05, 3.63) is 36.5 Å².